The number of benzene rings is 2. The van der Waals surface area contributed by atoms with Crippen molar-refractivity contribution >= 4 is 16.8 Å². The lowest BCUT2D eigenvalue weighted by atomic mass is 9.97. The second-order valence-electron chi connectivity index (χ2n) is 4.98. The Morgan fingerprint density at radius 1 is 1.16 bits per heavy atom. The van der Waals surface area contributed by atoms with Gasteiger partial charge in [-0.1, -0.05) is 55.8 Å². The van der Waals surface area contributed by atoms with Gasteiger partial charge in [-0.15, -0.1) is 0 Å². The molecule has 0 bridgehead atoms. The number of ether oxygens (including phenoxy) is 1. The summed E-state index contributed by atoms with van der Waals surface area (Å²) in [6, 6.07) is 12.4. The summed E-state index contributed by atoms with van der Waals surface area (Å²) >= 11 is 0. The van der Waals surface area contributed by atoms with Gasteiger partial charge in [0.2, 0.25) is 0 Å². The van der Waals surface area contributed by atoms with Crippen molar-refractivity contribution in [3.63, 3.8) is 0 Å². The zero-order valence-corrected chi connectivity index (χ0v) is 11.8. The minimum Gasteiger partial charge on any atom is -0.496 e. The van der Waals surface area contributed by atoms with Crippen LogP contribution in [0, 0.1) is 5.92 Å². The molecule has 100 valence electrons. The van der Waals surface area contributed by atoms with Gasteiger partial charge in [-0.3, -0.25) is 0 Å². The Hall–Kier alpha value is -1.80. The van der Waals surface area contributed by atoms with Crippen molar-refractivity contribution in [1.29, 1.82) is 0 Å². The van der Waals surface area contributed by atoms with Crippen molar-refractivity contribution in [1.82, 2.24) is 0 Å². The average molecular weight is 255 g/mol. The third kappa shape index (κ3) is 2.79. The first-order valence-corrected chi connectivity index (χ1v) is 6.63. The summed E-state index contributed by atoms with van der Waals surface area (Å²) in [7, 11) is 1.71. The van der Waals surface area contributed by atoms with E-state index in [0.717, 1.165) is 11.1 Å². The van der Waals surface area contributed by atoms with E-state index in [4.69, 9.17) is 10.5 Å². The van der Waals surface area contributed by atoms with Gasteiger partial charge < -0.3 is 10.5 Å². The fraction of sp³-hybridized carbons (Fsp3) is 0.294. The highest BCUT2D eigenvalue weighted by molar-refractivity contribution is 5.95. The molecule has 0 saturated carbocycles. The molecular formula is C17H21NO. The van der Waals surface area contributed by atoms with Gasteiger partial charge in [0.25, 0.3) is 0 Å². The Balaban J connectivity index is 2.62. The number of fused-ring (bicyclic) bond motifs is 1. The first kappa shape index (κ1) is 13.6. The predicted octanol–water partition coefficient (Wildman–Crippen LogP) is 3.85. The average Bonchev–Trinajstić information content (AvgIpc) is 2.44. The lowest BCUT2D eigenvalue weighted by molar-refractivity contribution is 0.420. The molecule has 0 amide bonds. The quantitative estimate of drug-likeness (QED) is 0.900. The zero-order valence-electron chi connectivity index (χ0n) is 11.8. The summed E-state index contributed by atoms with van der Waals surface area (Å²) < 4.78 is 5.42. The van der Waals surface area contributed by atoms with Crippen molar-refractivity contribution in [3.05, 3.63) is 47.5 Å². The Morgan fingerprint density at radius 3 is 2.42 bits per heavy atom. The molecule has 2 aromatic rings. The van der Waals surface area contributed by atoms with E-state index in [9.17, 15) is 0 Å². The summed E-state index contributed by atoms with van der Waals surface area (Å²) in [6.07, 6.45) is 2.20. The summed E-state index contributed by atoms with van der Waals surface area (Å²) in [5.74, 6) is 1.37. The van der Waals surface area contributed by atoms with Gasteiger partial charge in [-0.25, -0.2) is 0 Å². The maximum absolute atomic E-state index is 5.83. The topological polar surface area (TPSA) is 35.2 Å². The van der Waals surface area contributed by atoms with E-state index in [2.05, 4.69) is 44.2 Å². The molecule has 19 heavy (non-hydrogen) atoms. The zero-order chi connectivity index (χ0) is 13.8. The van der Waals surface area contributed by atoms with Gasteiger partial charge in [-0.2, -0.15) is 0 Å². The molecule has 0 atom stereocenters. The van der Waals surface area contributed by atoms with Crippen LogP contribution >= 0.6 is 0 Å². The Bertz CT molecular complexity index is 599. The molecule has 0 aliphatic rings. The van der Waals surface area contributed by atoms with Gasteiger partial charge >= 0.3 is 0 Å². The molecule has 2 nitrogen and oxygen atoms in total. The first-order valence-electron chi connectivity index (χ1n) is 6.63. The smallest absolute Gasteiger partial charge is 0.126 e. The molecular weight excluding hydrogens is 234 g/mol. The molecule has 0 heterocycles. The molecule has 2 heteroatoms. The first-order chi connectivity index (χ1) is 9.17. The summed E-state index contributed by atoms with van der Waals surface area (Å²) in [5, 5.41) is 2.34. The molecule has 0 saturated heterocycles. The summed E-state index contributed by atoms with van der Waals surface area (Å²) in [4.78, 5) is 0. The standard InChI is InChI=1S/C17H21NO/c1-12(2)14(11-18)10-13-8-9-17(19-3)16-7-5-4-6-15(13)16/h4-10,12H,11,18H2,1-3H3. The van der Waals surface area contributed by atoms with Gasteiger partial charge in [0.1, 0.15) is 5.75 Å². The van der Waals surface area contributed by atoms with E-state index >= 15 is 0 Å². The molecule has 0 aromatic heterocycles. The SMILES string of the molecule is COc1ccc(C=C(CN)C(C)C)c2ccccc12. The second-order valence-corrected chi connectivity index (χ2v) is 4.98. The Morgan fingerprint density at radius 2 is 1.84 bits per heavy atom. The molecule has 0 radical (unpaired) electrons. The van der Waals surface area contributed by atoms with E-state index in [-0.39, 0.29) is 0 Å². The van der Waals surface area contributed by atoms with E-state index < -0.39 is 0 Å². The number of methoxy groups -OCH3 is 1. The van der Waals surface area contributed by atoms with Crippen LogP contribution in [0.4, 0.5) is 0 Å². The third-order valence-corrected chi connectivity index (χ3v) is 3.46. The van der Waals surface area contributed by atoms with Gasteiger partial charge in [0.05, 0.1) is 7.11 Å². The van der Waals surface area contributed by atoms with Gasteiger partial charge in [0.15, 0.2) is 0 Å². The monoisotopic (exact) mass is 255 g/mol. The molecule has 2 rings (SSSR count). The lowest BCUT2D eigenvalue weighted by Gasteiger charge is -2.12. The normalized spacial score (nSPS) is 12.2. The molecule has 2 aromatic carbocycles. The van der Waals surface area contributed by atoms with Crippen molar-refractivity contribution in [3.8, 4) is 5.75 Å². The van der Waals surface area contributed by atoms with E-state index in [1.54, 1.807) is 7.11 Å². The maximum Gasteiger partial charge on any atom is 0.126 e. The highest BCUT2D eigenvalue weighted by Crippen LogP contribution is 2.30. The van der Waals surface area contributed by atoms with Gasteiger partial charge in [0, 0.05) is 11.9 Å². The van der Waals surface area contributed by atoms with Crippen LogP contribution in [0.15, 0.2) is 42.0 Å². The van der Waals surface area contributed by atoms with Crippen LogP contribution in [0.5, 0.6) is 5.75 Å². The fourth-order valence-corrected chi connectivity index (χ4v) is 2.26. The summed E-state index contributed by atoms with van der Waals surface area (Å²) in [6.45, 7) is 4.94. The van der Waals surface area contributed by atoms with Crippen LogP contribution in [0.25, 0.3) is 16.8 Å². The van der Waals surface area contributed by atoms with Crippen molar-refractivity contribution in [2.75, 3.05) is 13.7 Å². The molecule has 0 unspecified atom stereocenters. The van der Waals surface area contributed by atoms with Crippen LogP contribution in [-0.4, -0.2) is 13.7 Å². The number of rotatable bonds is 4. The molecule has 2 N–H and O–H groups in total. The van der Waals surface area contributed by atoms with Crippen molar-refractivity contribution < 1.29 is 4.74 Å². The number of hydrogen-bond acceptors (Lipinski definition) is 2. The van der Waals surface area contributed by atoms with Crippen molar-refractivity contribution in [2.24, 2.45) is 11.7 Å². The Labute approximate surface area is 114 Å². The largest absolute Gasteiger partial charge is 0.496 e. The minimum atomic E-state index is 0.464. The van der Waals surface area contributed by atoms with Crippen LogP contribution in [0.1, 0.15) is 19.4 Å². The van der Waals surface area contributed by atoms with E-state index in [1.165, 1.54) is 16.5 Å². The van der Waals surface area contributed by atoms with Crippen LogP contribution in [0.3, 0.4) is 0 Å². The van der Waals surface area contributed by atoms with E-state index in [1.807, 2.05) is 12.1 Å². The maximum atomic E-state index is 5.83. The highest BCUT2D eigenvalue weighted by Gasteiger charge is 2.06. The van der Waals surface area contributed by atoms with Crippen LogP contribution in [-0.2, 0) is 0 Å². The summed E-state index contributed by atoms with van der Waals surface area (Å²) in [5.41, 5.74) is 8.29. The highest BCUT2D eigenvalue weighted by atomic mass is 16.5. The second kappa shape index (κ2) is 5.89. The van der Waals surface area contributed by atoms with Gasteiger partial charge in [-0.05, 0) is 22.9 Å². The number of hydrogen-bond donors (Lipinski definition) is 1. The molecule has 0 spiro atoms. The number of nitrogens with two attached hydrogens (primary N) is 1. The molecule has 0 aliphatic carbocycles. The molecule has 0 fully saturated rings. The lowest BCUT2D eigenvalue weighted by Crippen LogP contribution is -2.08. The predicted molar refractivity (Wildman–Crippen MR) is 82.4 cm³/mol. The third-order valence-electron chi connectivity index (χ3n) is 3.46. The van der Waals surface area contributed by atoms with E-state index in [0.29, 0.717) is 12.5 Å². The van der Waals surface area contributed by atoms with Crippen LogP contribution < -0.4 is 10.5 Å². The minimum absolute atomic E-state index is 0.464. The molecule has 0 aliphatic heterocycles. The van der Waals surface area contributed by atoms with Crippen molar-refractivity contribution in [2.45, 2.75) is 13.8 Å². The Kier molecular flexibility index (Phi) is 4.23. The fourth-order valence-electron chi connectivity index (χ4n) is 2.26. The van der Waals surface area contributed by atoms with Crippen LogP contribution in [0.2, 0.25) is 0 Å².